The first-order valence-electron chi connectivity index (χ1n) is 5.74. The zero-order chi connectivity index (χ0) is 19.1. The standard InChI is InChI=1S/C6H14FO13P3S/c7-1-2(8)5(18-21(10,11)12)3(9)6(19-22(13,14)15)4(1)20-23(16,17)24/h1-6,8-9H,(H2,10,11,12)(H2,13,14,15)(H2,16,17,24)/t1-,2+,3-,4+,5+,6+/m0/s1. The maximum Gasteiger partial charge on any atom is 0.470 e. The summed E-state index contributed by atoms with van der Waals surface area (Å²) in [4.78, 5) is 53.0. The van der Waals surface area contributed by atoms with E-state index in [-0.39, 0.29) is 0 Å². The Morgan fingerprint density at radius 2 is 1.17 bits per heavy atom. The second-order valence-electron chi connectivity index (χ2n) is 4.61. The minimum atomic E-state index is -5.42. The molecule has 0 aromatic heterocycles. The van der Waals surface area contributed by atoms with Crippen molar-refractivity contribution in [2.45, 2.75) is 36.7 Å². The normalized spacial score (nSPS) is 35.9. The maximum absolute atomic E-state index is 14.2. The Hall–Kier alpha value is 0.600. The van der Waals surface area contributed by atoms with Crippen LogP contribution < -0.4 is 0 Å². The summed E-state index contributed by atoms with van der Waals surface area (Å²) in [6.45, 7) is -4.64. The summed E-state index contributed by atoms with van der Waals surface area (Å²) in [6.07, 6.45) is -14.9. The highest BCUT2D eigenvalue weighted by molar-refractivity contribution is 8.06. The van der Waals surface area contributed by atoms with Gasteiger partial charge in [0.2, 0.25) is 0 Å². The van der Waals surface area contributed by atoms with Crippen LogP contribution >= 0.6 is 22.4 Å². The van der Waals surface area contributed by atoms with Crippen LogP contribution in [0.1, 0.15) is 0 Å². The van der Waals surface area contributed by atoms with Gasteiger partial charge in [-0.05, 0) is 11.8 Å². The zero-order valence-electron chi connectivity index (χ0n) is 11.2. The number of hydrogen-bond acceptors (Lipinski definition) is 8. The van der Waals surface area contributed by atoms with E-state index in [4.69, 9.17) is 29.4 Å². The lowest BCUT2D eigenvalue weighted by atomic mass is 9.86. The highest BCUT2D eigenvalue weighted by Gasteiger charge is 2.56. The highest BCUT2D eigenvalue weighted by atomic mass is 32.5. The molecule has 1 rings (SSSR count). The van der Waals surface area contributed by atoms with Gasteiger partial charge in [0, 0.05) is 0 Å². The maximum atomic E-state index is 14.2. The molecule has 24 heavy (non-hydrogen) atoms. The summed E-state index contributed by atoms with van der Waals surface area (Å²) in [5, 5.41) is 19.5. The zero-order valence-corrected chi connectivity index (χ0v) is 14.7. The smallest absolute Gasteiger partial charge is 0.387 e. The van der Waals surface area contributed by atoms with E-state index in [0.717, 1.165) is 0 Å². The Labute approximate surface area is 138 Å². The number of alkyl halides is 1. The van der Waals surface area contributed by atoms with Gasteiger partial charge in [-0.15, -0.1) is 0 Å². The van der Waals surface area contributed by atoms with Crippen molar-refractivity contribution >= 4 is 34.2 Å². The van der Waals surface area contributed by atoms with E-state index in [2.05, 4.69) is 25.4 Å². The molecule has 0 aliphatic heterocycles. The van der Waals surface area contributed by atoms with Gasteiger partial charge in [0.25, 0.3) is 0 Å². The van der Waals surface area contributed by atoms with Gasteiger partial charge in [-0.2, -0.15) is 0 Å². The molecule has 0 heterocycles. The Morgan fingerprint density at radius 3 is 1.54 bits per heavy atom. The molecule has 8 N–H and O–H groups in total. The van der Waals surface area contributed by atoms with Gasteiger partial charge in [-0.1, -0.05) is 0 Å². The van der Waals surface area contributed by atoms with Crippen LogP contribution in [0.3, 0.4) is 0 Å². The highest BCUT2D eigenvalue weighted by Crippen LogP contribution is 2.49. The Kier molecular flexibility index (Phi) is 7.25. The number of phosphoric acid groups is 2. The third-order valence-corrected chi connectivity index (χ3v) is 4.56. The van der Waals surface area contributed by atoms with Crippen LogP contribution in [0, 0.1) is 0 Å². The fraction of sp³-hybridized carbons (Fsp3) is 1.00. The SMILES string of the molecule is O=P(O)(O)O[C@@H]1[C@H](O)[C@H](F)[C@@H](OP(O)(O)=S)[C@H](OP(=O)(O)O)[C@H]1O. The van der Waals surface area contributed by atoms with Crippen molar-refractivity contribution in [3.63, 3.8) is 0 Å². The molecule has 0 amide bonds. The van der Waals surface area contributed by atoms with E-state index in [1.807, 2.05) is 0 Å². The van der Waals surface area contributed by atoms with Crippen LogP contribution in [-0.4, -0.2) is 76.3 Å². The molecule has 1 saturated carbocycles. The largest absolute Gasteiger partial charge is 0.470 e. The van der Waals surface area contributed by atoms with Gasteiger partial charge < -0.3 is 39.6 Å². The lowest BCUT2D eigenvalue weighted by molar-refractivity contribution is -0.194. The number of phosphoric ester groups is 2. The Balaban J connectivity index is 3.23. The van der Waals surface area contributed by atoms with Crippen molar-refractivity contribution in [2.75, 3.05) is 0 Å². The van der Waals surface area contributed by atoms with E-state index in [1.165, 1.54) is 0 Å². The van der Waals surface area contributed by atoms with Crippen LogP contribution in [-0.2, 0) is 34.5 Å². The molecule has 0 spiro atoms. The number of rotatable bonds is 6. The minimum Gasteiger partial charge on any atom is -0.387 e. The summed E-state index contributed by atoms with van der Waals surface area (Å²) < 4.78 is 48.3. The fourth-order valence-corrected chi connectivity index (χ4v) is 3.96. The molecule has 18 heteroatoms. The number of aliphatic hydroxyl groups excluding tert-OH is 2. The number of halogens is 1. The second-order valence-corrected chi connectivity index (χ2v) is 9.61. The van der Waals surface area contributed by atoms with E-state index in [9.17, 15) is 23.7 Å². The molecule has 6 atom stereocenters. The third-order valence-electron chi connectivity index (χ3n) is 2.75. The third kappa shape index (κ3) is 6.72. The molecule has 1 fully saturated rings. The number of aliphatic hydroxyl groups is 2. The molecular weight excluding hydrogens is 424 g/mol. The molecule has 144 valence electrons. The van der Waals surface area contributed by atoms with Gasteiger partial charge in [-0.3, -0.25) is 13.6 Å². The molecule has 1 aliphatic rings. The van der Waals surface area contributed by atoms with Crippen LogP contribution in [0.4, 0.5) is 4.39 Å². The summed E-state index contributed by atoms with van der Waals surface area (Å²) in [7, 11) is -10.8. The first-order chi connectivity index (χ1) is 10.5. The molecule has 0 unspecified atom stereocenters. The molecule has 0 aromatic carbocycles. The van der Waals surface area contributed by atoms with Crippen LogP contribution in [0.5, 0.6) is 0 Å². The first-order valence-corrected chi connectivity index (χ1v) is 11.4. The summed E-state index contributed by atoms with van der Waals surface area (Å²) >= 11 is 4.07. The second kappa shape index (κ2) is 7.69. The average molecular weight is 438 g/mol. The van der Waals surface area contributed by atoms with E-state index < -0.39 is 59.1 Å². The summed E-state index contributed by atoms with van der Waals surface area (Å²) in [5.74, 6) is 0. The Morgan fingerprint density at radius 1 is 0.750 bits per heavy atom. The molecule has 0 bridgehead atoms. The van der Waals surface area contributed by atoms with Crippen molar-refractivity contribution in [2.24, 2.45) is 0 Å². The van der Waals surface area contributed by atoms with Gasteiger partial charge >= 0.3 is 22.4 Å². The first kappa shape index (κ1) is 22.6. The minimum absolute atomic E-state index is 2.38. The molecule has 0 aromatic rings. The van der Waals surface area contributed by atoms with Crippen LogP contribution in [0.2, 0.25) is 0 Å². The average Bonchev–Trinajstić information content (AvgIpc) is 2.32. The van der Waals surface area contributed by atoms with Gasteiger partial charge in [0.1, 0.15) is 30.5 Å². The van der Waals surface area contributed by atoms with Gasteiger partial charge in [0.05, 0.1) is 0 Å². The lowest BCUT2D eigenvalue weighted by Gasteiger charge is -2.43. The van der Waals surface area contributed by atoms with Crippen molar-refractivity contribution < 1.29 is 66.7 Å². The van der Waals surface area contributed by atoms with Crippen molar-refractivity contribution in [1.29, 1.82) is 0 Å². The molecule has 1 aliphatic carbocycles. The van der Waals surface area contributed by atoms with Gasteiger partial charge in [0.15, 0.2) is 6.17 Å². The Bertz CT molecular complexity index is 584. The van der Waals surface area contributed by atoms with Crippen LogP contribution in [0.15, 0.2) is 0 Å². The van der Waals surface area contributed by atoms with Crippen molar-refractivity contribution in [3.8, 4) is 0 Å². The number of hydrogen-bond donors (Lipinski definition) is 8. The summed E-state index contributed by atoms with van der Waals surface area (Å²) in [6, 6.07) is 0. The quantitative estimate of drug-likeness (QED) is 0.203. The van der Waals surface area contributed by atoms with E-state index in [0.29, 0.717) is 0 Å². The van der Waals surface area contributed by atoms with Crippen molar-refractivity contribution in [1.82, 2.24) is 0 Å². The fourth-order valence-electron chi connectivity index (χ4n) is 1.98. The van der Waals surface area contributed by atoms with Gasteiger partial charge in [-0.25, -0.2) is 13.5 Å². The van der Waals surface area contributed by atoms with E-state index >= 15 is 0 Å². The predicted molar refractivity (Wildman–Crippen MR) is 74.3 cm³/mol. The molecule has 0 saturated heterocycles. The molecule has 0 radical (unpaired) electrons. The summed E-state index contributed by atoms with van der Waals surface area (Å²) in [5.41, 5.74) is 0. The predicted octanol–water partition coefficient (Wildman–Crippen LogP) is -2.39. The van der Waals surface area contributed by atoms with E-state index in [1.54, 1.807) is 0 Å². The molecular formula is C6H14FO13P3S. The monoisotopic (exact) mass is 438 g/mol. The van der Waals surface area contributed by atoms with Crippen molar-refractivity contribution in [3.05, 3.63) is 0 Å². The van der Waals surface area contributed by atoms with Crippen LogP contribution in [0.25, 0.3) is 0 Å². The lowest BCUT2D eigenvalue weighted by Crippen LogP contribution is -2.63. The topological polar surface area (TPSA) is 224 Å². The molecule has 13 nitrogen and oxygen atoms in total.